The molecule has 0 saturated heterocycles. The third kappa shape index (κ3) is 7.75. The summed E-state index contributed by atoms with van der Waals surface area (Å²) in [6.07, 6.45) is 4.41. The second kappa shape index (κ2) is 12.8. The topological polar surface area (TPSA) is 158 Å². The summed E-state index contributed by atoms with van der Waals surface area (Å²) in [6.45, 7) is 3.58. The van der Waals surface area contributed by atoms with Crippen molar-refractivity contribution in [2.75, 3.05) is 7.05 Å². The lowest BCUT2D eigenvalue weighted by molar-refractivity contribution is -0.138. The number of carboxylic acids is 1. The van der Waals surface area contributed by atoms with Gasteiger partial charge in [0.2, 0.25) is 18.2 Å². The van der Waals surface area contributed by atoms with Crippen LogP contribution in [0.3, 0.4) is 0 Å². The van der Waals surface area contributed by atoms with Crippen molar-refractivity contribution in [2.24, 2.45) is 4.99 Å². The van der Waals surface area contributed by atoms with Crippen LogP contribution in [0, 0.1) is 6.92 Å². The number of aryl methyl sites for hydroxylation is 1. The number of imide groups is 1. The molecule has 1 atom stereocenters. The average Bonchev–Trinajstić information content (AvgIpc) is 2.87. The molecule has 0 spiro atoms. The molecule has 3 rings (SSSR count). The molecule has 0 bridgehead atoms. The highest BCUT2D eigenvalue weighted by molar-refractivity contribution is 6.00. The molecule has 0 aliphatic rings. The molecule has 1 aromatic heterocycles. The molecule has 2 aromatic carbocycles. The molecule has 0 aliphatic heterocycles. The molecule has 3 N–H and O–H groups in total. The van der Waals surface area contributed by atoms with Crippen LogP contribution in [-0.2, 0) is 16.1 Å². The summed E-state index contributed by atoms with van der Waals surface area (Å²) in [5.41, 5.74) is 2.05. The predicted molar refractivity (Wildman–Crippen MR) is 138 cm³/mol. The zero-order valence-corrected chi connectivity index (χ0v) is 21.1. The minimum atomic E-state index is -1.14. The van der Waals surface area contributed by atoms with Crippen LogP contribution in [-0.4, -0.2) is 67.4 Å². The fourth-order valence-corrected chi connectivity index (χ4v) is 3.41. The zero-order chi connectivity index (χ0) is 27.7. The van der Waals surface area contributed by atoms with E-state index >= 15 is 0 Å². The van der Waals surface area contributed by atoms with Crippen molar-refractivity contribution < 1.29 is 29.3 Å². The molecular formula is C26H28N6O6. The van der Waals surface area contributed by atoms with E-state index in [1.807, 2.05) is 6.92 Å². The molecule has 198 valence electrons. The predicted octanol–water partition coefficient (Wildman–Crippen LogP) is 3.43. The Hall–Kier alpha value is -5.00. The van der Waals surface area contributed by atoms with Crippen LogP contribution in [0.2, 0.25) is 0 Å². The number of amides is 3. The second-order valence-corrected chi connectivity index (χ2v) is 8.44. The van der Waals surface area contributed by atoms with Crippen molar-refractivity contribution in [2.45, 2.75) is 32.9 Å². The molecular weight excluding hydrogens is 492 g/mol. The third-order valence-corrected chi connectivity index (χ3v) is 5.38. The SMILES string of the molecule is Cc1cc(N=C(NC(=O)N(C=O)[C@@H](C)CC(=O)O)N(C)Cc2ccc(O)cc2)ccc1Oc1cnccn1. The van der Waals surface area contributed by atoms with Crippen molar-refractivity contribution in [1.82, 2.24) is 25.1 Å². The number of phenols is 1. The van der Waals surface area contributed by atoms with Crippen molar-refractivity contribution in [1.29, 1.82) is 0 Å². The lowest BCUT2D eigenvalue weighted by atomic mass is 10.2. The van der Waals surface area contributed by atoms with Gasteiger partial charge in [-0.05, 0) is 55.3 Å². The van der Waals surface area contributed by atoms with Crippen molar-refractivity contribution in [3.63, 3.8) is 0 Å². The number of aromatic nitrogens is 2. The Morgan fingerprint density at radius 3 is 2.53 bits per heavy atom. The Labute approximate surface area is 219 Å². The summed E-state index contributed by atoms with van der Waals surface area (Å²) < 4.78 is 5.76. The van der Waals surface area contributed by atoms with E-state index < -0.39 is 24.5 Å². The number of hydrogen-bond donors (Lipinski definition) is 3. The molecule has 12 nitrogen and oxygen atoms in total. The maximum atomic E-state index is 12.9. The highest BCUT2D eigenvalue weighted by Crippen LogP contribution is 2.27. The summed E-state index contributed by atoms with van der Waals surface area (Å²) in [4.78, 5) is 50.7. The third-order valence-electron chi connectivity index (χ3n) is 5.38. The molecule has 3 aromatic rings. The van der Waals surface area contributed by atoms with E-state index in [1.165, 1.54) is 25.5 Å². The van der Waals surface area contributed by atoms with Gasteiger partial charge in [0, 0.05) is 32.0 Å². The molecule has 0 radical (unpaired) electrons. The molecule has 3 amide bonds. The van der Waals surface area contributed by atoms with Gasteiger partial charge in [0.25, 0.3) is 0 Å². The summed E-state index contributed by atoms with van der Waals surface area (Å²) in [5, 5.41) is 21.2. The molecule has 0 aliphatic carbocycles. The van der Waals surface area contributed by atoms with E-state index in [4.69, 9.17) is 9.84 Å². The van der Waals surface area contributed by atoms with Gasteiger partial charge in [0.1, 0.15) is 11.5 Å². The van der Waals surface area contributed by atoms with Crippen LogP contribution in [0.1, 0.15) is 24.5 Å². The number of guanidine groups is 1. The number of benzene rings is 2. The highest BCUT2D eigenvalue weighted by Gasteiger charge is 2.24. The Kier molecular flexibility index (Phi) is 9.30. The van der Waals surface area contributed by atoms with Crippen LogP contribution >= 0.6 is 0 Å². The number of carbonyl (C=O) groups excluding carboxylic acids is 2. The van der Waals surface area contributed by atoms with E-state index in [9.17, 15) is 19.5 Å². The van der Waals surface area contributed by atoms with Gasteiger partial charge in [0.15, 0.2) is 0 Å². The Morgan fingerprint density at radius 2 is 1.92 bits per heavy atom. The fourth-order valence-electron chi connectivity index (χ4n) is 3.41. The summed E-state index contributed by atoms with van der Waals surface area (Å²) in [7, 11) is 1.69. The Bertz CT molecular complexity index is 1300. The fraction of sp³-hybridized carbons (Fsp3) is 0.231. The first kappa shape index (κ1) is 27.6. The Balaban J connectivity index is 1.89. The van der Waals surface area contributed by atoms with Gasteiger partial charge in [-0.25, -0.2) is 14.8 Å². The van der Waals surface area contributed by atoms with E-state index in [0.717, 1.165) is 16.0 Å². The maximum absolute atomic E-state index is 12.9. The monoisotopic (exact) mass is 520 g/mol. The molecule has 0 fully saturated rings. The van der Waals surface area contributed by atoms with E-state index in [-0.39, 0.29) is 18.1 Å². The quantitative estimate of drug-likeness (QED) is 0.218. The van der Waals surface area contributed by atoms with E-state index in [1.54, 1.807) is 54.4 Å². The standard InChI is InChI=1S/C26H28N6O6/c1-17-12-20(6-9-22(17)38-23-14-27-10-11-28-23)29-25(31(3)15-19-4-7-21(34)8-5-19)30-26(37)32(16-33)18(2)13-24(35)36/h4-12,14,16,18,34H,13,15H2,1-3H3,(H,35,36)(H,29,30,37)/t18-/m0/s1. The zero-order valence-electron chi connectivity index (χ0n) is 21.1. The number of phenolic OH excluding ortho intramolecular Hbond substituents is 1. The van der Waals surface area contributed by atoms with Crippen LogP contribution < -0.4 is 10.1 Å². The van der Waals surface area contributed by atoms with Gasteiger partial charge in [-0.15, -0.1) is 0 Å². The maximum Gasteiger partial charge on any atom is 0.330 e. The smallest absolute Gasteiger partial charge is 0.330 e. The number of urea groups is 1. The lowest BCUT2D eigenvalue weighted by Crippen LogP contribution is -2.50. The molecule has 12 heteroatoms. The Morgan fingerprint density at radius 1 is 1.18 bits per heavy atom. The number of rotatable bonds is 9. The number of aromatic hydroxyl groups is 1. The lowest BCUT2D eigenvalue weighted by Gasteiger charge is -2.26. The number of nitrogens with zero attached hydrogens (tertiary/aromatic N) is 5. The summed E-state index contributed by atoms with van der Waals surface area (Å²) >= 11 is 0. The summed E-state index contributed by atoms with van der Waals surface area (Å²) in [6, 6.07) is 9.95. The molecule has 38 heavy (non-hydrogen) atoms. The van der Waals surface area contributed by atoms with Crippen LogP contribution in [0.25, 0.3) is 0 Å². The van der Waals surface area contributed by atoms with Gasteiger partial charge in [0.05, 0.1) is 18.3 Å². The van der Waals surface area contributed by atoms with Crippen LogP contribution in [0.5, 0.6) is 17.4 Å². The molecule has 0 saturated carbocycles. The number of carbonyl (C=O) groups is 3. The first-order chi connectivity index (χ1) is 18.2. The van der Waals surface area contributed by atoms with Gasteiger partial charge >= 0.3 is 12.0 Å². The normalized spacial score (nSPS) is 11.8. The summed E-state index contributed by atoms with van der Waals surface area (Å²) in [5.74, 6) is -0.0407. The highest BCUT2D eigenvalue weighted by atomic mass is 16.5. The number of carboxylic acid groups (broad SMARTS) is 1. The number of hydrogen-bond acceptors (Lipinski definition) is 8. The van der Waals surface area contributed by atoms with Gasteiger partial charge in [-0.2, -0.15) is 0 Å². The average molecular weight is 521 g/mol. The molecule has 1 heterocycles. The first-order valence-electron chi connectivity index (χ1n) is 11.5. The second-order valence-electron chi connectivity index (χ2n) is 8.44. The van der Waals surface area contributed by atoms with Crippen molar-refractivity contribution in [3.8, 4) is 17.4 Å². The largest absolute Gasteiger partial charge is 0.508 e. The van der Waals surface area contributed by atoms with Crippen molar-refractivity contribution in [3.05, 3.63) is 72.2 Å². The van der Waals surface area contributed by atoms with Crippen LogP contribution in [0.4, 0.5) is 10.5 Å². The van der Waals surface area contributed by atoms with Crippen molar-refractivity contribution >= 4 is 30.1 Å². The molecule has 0 unspecified atom stereocenters. The number of ether oxygens (including phenoxy) is 1. The van der Waals surface area contributed by atoms with Crippen LogP contribution in [0.15, 0.2) is 66.0 Å². The van der Waals surface area contributed by atoms with Gasteiger partial charge in [-0.1, -0.05) is 12.1 Å². The van der Waals surface area contributed by atoms with Gasteiger partial charge < -0.3 is 19.8 Å². The van der Waals surface area contributed by atoms with Gasteiger partial charge in [-0.3, -0.25) is 24.8 Å². The minimum Gasteiger partial charge on any atom is -0.508 e. The number of aliphatic imine (C=N–C) groups is 1. The number of aliphatic carboxylic acids is 1. The number of nitrogens with one attached hydrogen (secondary N) is 1. The first-order valence-corrected chi connectivity index (χ1v) is 11.5. The minimum absolute atomic E-state index is 0.111. The van der Waals surface area contributed by atoms with E-state index in [2.05, 4.69) is 20.3 Å². The van der Waals surface area contributed by atoms with E-state index in [0.29, 0.717) is 23.9 Å².